The number of phenols is 1. The molecule has 0 saturated heterocycles. The molecule has 2 aromatic rings. The minimum Gasteiger partial charge on any atom is -0.508 e. The van der Waals surface area contributed by atoms with Gasteiger partial charge in [-0.15, -0.1) is 0 Å². The van der Waals surface area contributed by atoms with Crippen LogP contribution in [0.3, 0.4) is 0 Å². The van der Waals surface area contributed by atoms with Crippen molar-refractivity contribution in [2.75, 3.05) is 6.54 Å². The van der Waals surface area contributed by atoms with E-state index in [2.05, 4.69) is 5.32 Å². The zero-order chi connectivity index (χ0) is 17.9. The summed E-state index contributed by atoms with van der Waals surface area (Å²) in [6, 6.07) is 4.95. The largest absolute Gasteiger partial charge is 0.508 e. The van der Waals surface area contributed by atoms with Gasteiger partial charge in [-0.05, 0) is 42.3 Å². The fourth-order valence-electron chi connectivity index (χ4n) is 2.14. The number of carbonyl (C=O) groups is 1. The minimum absolute atomic E-state index is 0.0284. The Morgan fingerprint density at radius 3 is 2.25 bits per heavy atom. The van der Waals surface area contributed by atoms with Crippen molar-refractivity contribution >= 4 is 5.91 Å². The number of hydrogen-bond acceptors (Lipinski definition) is 2. The number of carbonyl (C=O) groups excluding carboxylic acids is 1. The molecule has 0 spiro atoms. The van der Waals surface area contributed by atoms with Gasteiger partial charge < -0.3 is 10.4 Å². The van der Waals surface area contributed by atoms with E-state index >= 15 is 0 Å². The number of halogens is 5. The molecular formula is C16H12F5NO2. The zero-order valence-electron chi connectivity index (χ0n) is 12.1. The maximum atomic E-state index is 13.0. The van der Waals surface area contributed by atoms with E-state index in [1.807, 2.05) is 0 Å². The summed E-state index contributed by atoms with van der Waals surface area (Å²) in [6.07, 6.45) is -4.73. The third-order valence-electron chi connectivity index (χ3n) is 3.17. The highest BCUT2D eigenvalue weighted by molar-refractivity contribution is 5.96. The molecule has 0 aliphatic carbocycles. The van der Waals surface area contributed by atoms with Gasteiger partial charge in [0, 0.05) is 12.6 Å². The molecule has 3 nitrogen and oxygen atoms in total. The maximum Gasteiger partial charge on any atom is 0.417 e. The SMILES string of the molecule is O=C(NCCc1cc(F)cc(F)c1)c1cc(O)ccc1C(F)(F)F. The van der Waals surface area contributed by atoms with Crippen LogP contribution < -0.4 is 5.32 Å². The predicted octanol–water partition coefficient (Wildman–Crippen LogP) is 3.66. The van der Waals surface area contributed by atoms with Gasteiger partial charge in [0.2, 0.25) is 0 Å². The first-order chi connectivity index (χ1) is 11.2. The highest BCUT2D eigenvalue weighted by Crippen LogP contribution is 2.33. The second kappa shape index (κ2) is 6.86. The van der Waals surface area contributed by atoms with Gasteiger partial charge in [0.15, 0.2) is 0 Å². The van der Waals surface area contributed by atoms with Crippen molar-refractivity contribution in [2.45, 2.75) is 12.6 Å². The van der Waals surface area contributed by atoms with Crippen molar-refractivity contribution in [2.24, 2.45) is 0 Å². The van der Waals surface area contributed by atoms with Gasteiger partial charge in [0.05, 0.1) is 11.1 Å². The number of alkyl halides is 3. The monoisotopic (exact) mass is 345 g/mol. The van der Waals surface area contributed by atoms with Crippen LogP contribution in [0, 0.1) is 11.6 Å². The standard InChI is InChI=1S/C16H12F5NO2/c17-10-5-9(6-11(18)7-10)3-4-22-15(24)13-8-12(23)1-2-14(13)16(19,20)21/h1-2,5-8,23H,3-4H2,(H,22,24). The molecule has 2 rings (SSSR count). The lowest BCUT2D eigenvalue weighted by Crippen LogP contribution is -2.28. The lowest BCUT2D eigenvalue weighted by atomic mass is 10.1. The van der Waals surface area contributed by atoms with E-state index in [0.29, 0.717) is 18.2 Å². The molecule has 2 aromatic carbocycles. The van der Waals surface area contributed by atoms with E-state index in [9.17, 15) is 31.9 Å². The highest BCUT2D eigenvalue weighted by Gasteiger charge is 2.35. The molecule has 0 aliphatic heterocycles. The number of rotatable bonds is 4. The van der Waals surface area contributed by atoms with Crippen molar-refractivity contribution in [1.29, 1.82) is 0 Å². The van der Waals surface area contributed by atoms with Gasteiger partial charge in [-0.3, -0.25) is 4.79 Å². The molecule has 128 valence electrons. The summed E-state index contributed by atoms with van der Waals surface area (Å²) in [5.41, 5.74) is -1.66. The topological polar surface area (TPSA) is 49.3 Å². The molecule has 0 aromatic heterocycles. The van der Waals surface area contributed by atoms with Crippen molar-refractivity contribution in [3.8, 4) is 5.75 Å². The molecule has 8 heteroatoms. The molecule has 0 saturated carbocycles. The molecule has 0 radical (unpaired) electrons. The quantitative estimate of drug-likeness (QED) is 0.831. The Morgan fingerprint density at radius 2 is 1.67 bits per heavy atom. The number of benzene rings is 2. The number of amides is 1. The van der Waals surface area contributed by atoms with E-state index in [0.717, 1.165) is 18.2 Å². The average molecular weight is 345 g/mol. The van der Waals surface area contributed by atoms with Crippen LogP contribution in [0.25, 0.3) is 0 Å². The predicted molar refractivity (Wildman–Crippen MR) is 75.5 cm³/mol. The van der Waals surface area contributed by atoms with Crippen LogP contribution in [0.2, 0.25) is 0 Å². The summed E-state index contributed by atoms with van der Waals surface area (Å²) < 4.78 is 64.7. The smallest absolute Gasteiger partial charge is 0.417 e. The fourth-order valence-corrected chi connectivity index (χ4v) is 2.14. The summed E-state index contributed by atoms with van der Waals surface area (Å²) in [5.74, 6) is -3.11. The molecular weight excluding hydrogens is 333 g/mol. The van der Waals surface area contributed by atoms with Gasteiger partial charge in [0.25, 0.3) is 5.91 Å². The van der Waals surface area contributed by atoms with Gasteiger partial charge in [0.1, 0.15) is 17.4 Å². The first-order valence-electron chi connectivity index (χ1n) is 6.80. The molecule has 2 N–H and O–H groups in total. The second-order valence-electron chi connectivity index (χ2n) is 5.01. The second-order valence-corrected chi connectivity index (χ2v) is 5.01. The summed E-state index contributed by atoms with van der Waals surface area (Å²) >= 11 is 0. The van der Waals surface area contributed by atoms with Crippen molar-refractivity contribution in [1.82, 2.24) is 5.32 Å². The van der Waals surface area contributed by atoms with Crippen LogP contribution in [-0.4, -0.2) is 17.6 Å². The van der Waals surface area contributed by atoms with E-state index in [1.165, 1.54) is 0 Å². The van der Waals surface area contributed by atoms with Crippen LogP contribution >= 0.6 is 0 Å². The normalized spacial score (nSPS) is 11.4. The van der Waals surface area contributed by atoms with Crippen LogP contribution in [0.15, 0.2) is 36.4 Å². The van der Waals surface area contributed by atoms with E-state index in [-0.39, 0.29) is 18.5 Å². The van der Waals surface area contributed by atoms with Gasteiger partial charge >= 0.3 is 6.18 Å². The Morgan fingerprint density at radius 1 is 1.04 bits per heavy atom. The Bertz CT molecular complexity index is 738. The highest BCUT2D eigenvalue weighted by atomic mass is 19.4. The number of aromatic hydroxyl groups is 1. The minimum atomic E-state index is -4.76. The average Bonchev–Trinajstić information content (AvgIpc) is 2.44. The molecule has 0 bridgehead atoms. The summed E-state index contributed by atoms with van der Waals surface area (Å²) in [7, 11) is 0. The first kappa shape index (κ1) is 17.7. The van der Waals surface area contributed by atoms with Gasteiger partial charge in [-0.1, -0.05) is 0 Å². The Labute approximate surface area is 133 Å². The molecule has 0 atom stereocenters. The van der Waals surface area contributed by atoms with Gasteiger partial charge in [-0.2, -0.15) is 13.2 Å². The van der Waals surface area contributed by atoms with Gasteiger partial charge in [-0.25, -0.2) is 8.78 Å². The van der Waals surface area contributed by atoms with Crippen LogP contribution in [0.1, 0.15) is 21.5 Å². The van der Waals surface area contributed by atoms with Crippen LogP contribution in [0.5, 0.6) is 5.75 Å². The molecule has 0 fully saturated rings. The fraction of sp³-hybridized carbons (Fsp3) is 0.188. The number of nitrogens with one attached hydrogen (secondary N) is 1. The third-order valence-corrected chi connectivity index (χ3v) is 3.17. The number of phenolic OH excluding ortho intramolecular Hbond substituents is 1. The van der Waals surface area contributed by atoms with E-state index < -0.39 is 40.6 Å². The molecule has 1 amide bonds. The van der Waals surface area contributed by atoms with Crippen LogP contribution in [0.4, 0.5) is 22.0 Å². The summed E-state index contributed by atoms with van der Waals surface area (Å²) in [6.45, 7) is -0.130. The molecule has 0 unspecified atom stereocenters. The van der Waals surface area contributed by atoms with Crippen molar-refractivity contribution < 1.29 is 31.9 Å². The molecule has 24 heavy (non-hydrogen) atoms. The Kier molecular flexibility index (Phi) is 5.06. The lowest BCUT2D eigenvalue weighted by molar-refractivity contribution is -0.137. The molecule has 0 heterocycles. The number of hydrogen-bond donors (Lipinski definition) is 2. The van der Waals surface area contributed by atoms with Crippen molar-refractivity contribution in [3.05, 3.63) is 64.7 Å². The first-order valence-corrected chi connectivity index (χ1v) is 6.80. The zero-order valence-corrected chi connectivity index (χ0v) is 12.1. The third kappa shape index (κ3) is 4.43. The Hall–Kier alpha value is -2.64. The summed E-state index contributed by atoms with van der Waals surface area (Å²) in [5, 5.41) is 11.5. The van der Waals surface area contributed by atoms with Crippen molar-refractivity contribution in [3.63, 3.8) is 0 Å². The molecule has 0 aliphatic rings. The van der Waals surface area contributed by atoms with Crippen LogP contribution in [-0.2, 0) is 12.6 Å². The Balaban J connectivity index is 2.09. The lowest BCUT2D eigenvalue weighted by Gasteiger charge is -2.13. The maximum absolute atomic E-state index is 13.0. The van der Waals surface area contributed by atoms with E-state index in [1.54, 1.807) is 0 Å². The van der Waals surface area contributed by atoms with E-state index in [4.69, 9.17) is 0 Å². The summed E-state index contributed by atoms with van der Waals surface area (Å²) in [4.78, 5) is 11.9.